The molecule has 2 aliphatic heterocycles. The van der Waals surface area contributed by atoms with Crippen molar-refractivity contribution in [2.45, 2.75) is 12.5 Å². The van der Waals surface area contributed by atoms with Gasteiger partial charge in [0.15, 0.2) is 17.7 Å². The summed E-state index contributed by atoms with van der Waals surface area (Å²) in [5.74, 6) is 1.99. The van der Waals surface area contributed by atoms with Gasteiger partial charge in [-0.1, -0.05) is 0 Å². The van der Waals surface area contributed by atoms with E-state index in [9.17, 15) is 5.26 Å². The maximum Gasteiger partial charge on any atom is 0.211 e. The van der Waals surface area contributed by atoms with Gasteiger partial charge in [0, 0.05) is 23.6 Å². The Morgan fingerprint density at radius 2 is 1.97 bits per heavy atom. The fourth-order valence-electron chi connectivity index (χ4n) is 3.40. The summed E-state index contributed by atoms with van der Waals surface area (Å²) in [4.78, 5) is 8.80. The molecule has 1 atom stereocenters. The van der Waals surface area contributed by atoms with Gasteiger partial charge in [0.2, 0.25) is 5.96 Å². The third-order valence-corrected chi connectivity index (χ3v) is 4.75. The van der Waals surface area contributed by atoms with Crippen LogP contribution in [-0.4, -0.2) is 31.3 Å². The second-order valence-electron chi connectivity index (χ2n) is 6.49. The smallest absolute Gasteiger partial charge is 0.211 e. The first-order chi connectivity index (χ1) is 14.6. The van der Waals surface area contributed by atoms with Crippen molar-refractivity contribution >= 4 is 23.3 Å². The highest BCUT2D eigenvalue weighted by Crippen LogP contribution is 2.46. The normalized spacial score (nSPS) is 16.6. The Morgan fingerprint density at radius 3 is 2.63 bits per heavy atom. The summed E-state index contributed by atoms with van der Waals surface area (Å²) in [6, 6.07) is 4.71. The molecule has 0 saturated heterocycles. The summed E-state index contributed by atoms with van der Waals surface area (Å²) < 4.78 is 17.1. The van der Waals surface area contributed by atoms with Crippen LogP contribution in [0.15, 0.2) is 17.1 Å². The lowest BCUT2D eigenvalue weighted by Gasteiger charge is -2.27. The fraction of sp³-hybridized carbons (Fsp3) is 0.263. The van der Waals surface area contributed by atoms with Crippen molar-refractivity contribution in [1.29, 1.82) is 10.5 Å². The number of fused-ring (bicyclic) bond motifs is 2. The van der Waals surface area contributed by atoms with E-state index in [1.54, 1.807) is 12.1 Å². The Balaban J connectivity index is 1.95. The Bertz CT molecular complexity index is 1130. The molecule has 152 valence electrons. The number of hydrogen-bond acceptors (Lipinski definition) is 11. The van der Waals surface area contributed by atoms with Gasteiger partial charge in [-0.05, 0) is 6.07 Å². The van der Waals surface area contributed by atoms with Crippen molar-refractivity contribution in [3.05, 3.63) is 28.8 Å². The van der Waals surface area contributed by atoms with E-state index in [0.717, 1.165) is 6.42 Å². The number of aliphatic imine (C=N–C) groups is 1. The van der Waals surface area contributed by atoms with Gasteiger partial charge in [0.1, 0.15) is 35.1 Å². The van der Waals surface area contributed by atoms with Gasteiger partial charge in [0.25, 0.3) is 0 Å². The Labute approximate surface area is 171 Å². The molecule has 0 saturated carbocycles. The monoisotopic (exact) mass is 406 g/mol. The average molecular weight is 406 g/mol. The van der Waals surface area contributed by atoms with Crippen LogP contribution in [-0.2, 0) is 0 Å². The molecule has 11 heteroatoms. The third kappa shape index (κ3) is 3.08. The van der Waals surface area contributed by atoms with Gasteiger partial charge in [-0.25, -0.2) is 9.98 Å². The molecule has 4 rings (SSSR count). The highest BCUT2D eigenvalue weighted by molar-refractivity contribution is 5.98. The molecule has 0 spiro atoms. The zero-order valence-electron chi connectivity index (χ0n) is 16.0. The molecule has 1 aromatic carbocycles. The number of aromatic nitrogens is 1. The predicted octanol–water partition coefficient (Wildman–Crippen LogP) is 1.23. The number of nitrogen functional groups attached to an aromatic ring is 2. The zero-order chi connectivity index (χ0) is 21.3. The quantitative estimate of drug-likeness (QED) is 0.419. The molecule has 0 amide bonds. The number of guanidine groups is 1. The highest BCUT2D eigenvalue weighted by Gasteiger charge is 2.32. The second kappa shape index (κ2) is 7.56. The maximum absolute atomic E-state index is 9.46. The van der Waals surface area contributed by atoms with Crippen LogP contribution < -0.4 is 36.3 Å². The lowest BCUT2D eigenvalue weighted by Crippen LogP contribution is -2.32. The molecule has 3 heterocycles. The number of nitrogens with zero attached hydrogens (tertiary/aromatic N) is 4. The van der Waals surface area contributed by atoms with Crippen LogP contribution in [0.25, 0.3) is 0 Å². The van der Waals surface area contributed by atoms with Crippen molar-refractivity contribution in [2.75, 3.05) is 37.1 Å². The molecule has 0 radical (unpaired) electrons. The molecule has 1 aromatic heterocycles. The van der Waals surface area contributed by atoms with Crippen molar-refractivity contribution in [1.82, 2.24) is 10.3 Å². The number of benzene rings is 1. The van der Waals surface area contributed by atoms with Crippen LogP contribution in [0.2, 0.25) is 0 Å². The standard InChI is InChI=1S/C19H18N8O3/c1-28-11-6-13-12(29-3-2-4-30-13)5-9(11)16-14-15(22)10(7-20)17(23)26-18(14)27-19(25-16)24-8-21/h5-6,16H,2-4H2,1H3,(H6,22,23,24,25,26,27). The van der Waals surface area contributed by atoms with Gasteiger partial charge in [0.05, 0.1) is 26.0 Å². The summed E-state index contributed by atoms with van der Waals surface area (Å²) >= 11 is 0. The minimum Gasteiger partial charge on any atom is -0.496 e. The molecular weight excluding hydrogens is 388 g/mol. The first kappa shape index (κ1) is 19.0. The van der Waals surface area contributed by atoms with Crippen LogP contribution in [0.4, 0.5) is 17.3 Å². The van der Waals surface area contributed by atoms with E-state index in [0.29, 0.717) is 41.6 Å². The number of nitrogens with two attached hydrogens (primary N) is 2. The van der Waals surface area contributed by atoms with Crippen molar-refractivity contribution < 1.29 is 14.2 Å². The SMILES string of the molecule is COc1cc2c(cc1C1N=C(NC#N)Nc3nc(N)c(C#N)c(N)c31)OCCCO2. The summed E-state index contributed by atoms with van der Waals surface area (Å²) in [7, 11) is 1.52. The fourth-order valence-corrected chi connectivity index (χ4v) is 3.40. The van der Waals surface area contributed by atoms with Gasteiger partial charge >= 0.3 is 0 Å². The zero-order valence-corrected chi connectivity index (χ0v) is 16.0. The minimum atomic E-state index is -0.746. The molecule has 2 aliphatic rings. The Hall–Kier alpha value is -4.38. The average Bonchev–Trinajstić information content (AvgIpc) is 2.97. The van der Waals surface area contributed by atoms with Crippen LogP contribution in [0.5, 0.6) is 17.2 Å². The molecular formula is C19H18N8O3. The summed E-state index contributed by atoms with van der Waals surface area (Å²) in [5.41, 5.74) is 13.4. The van der Waals surface area contributed by atoms with E-state index in [-0.39, 0.29) is 28.8 Å². The molecule has 1 unspecified atom stereocenters. The van der Waals surface area contributed by atoms with Crippen LogP contribution >= 0.6 is 0 Å². The van der Waals surface area contributed by atoms with Crippen molar-refractivity contribution in [2.24, 2.45) is 4.99 Å². The highest BCUT2D eigenvalue weighted by atomic mass is 16.5. The van der Waals surface area contributed by atoms with Crippen LogP contribution in [0, 0.1) is 22.8 Å². The largest absolute Gasteiger partial charge is 0.496 e. The van der Waals surface area contributed by atoms with Crippen molar-refractivity contribution in [3.63, 3.8) is 0 Å². The van der Waals surface area contributed by atoms with Gasteiger partial charge in [-0.15, -0.1) is 0 Å². The topological polar surface area (TPSA) is 177 Å². The predicted molar refractivity (Wildman–Crippen MR) is 108 cm³/mol. The molecule has 6 N–H and O–H groups in total. The number of rotatable bonds is 2. The molecule has 30 heavy (non-hydrogen) atoms. The summed E-state index contributed by atoms with van der Waals surface area (Å²) in [5, 5.41) is 23.9. The lowest BCUT2D eigenvalue weighted by atomic mass is 9.94. The summed E-state index contributed by atoms with van der Waals surface area (Å²) in [6.45, 7) is 1.03. The number of pyridine rings is 1. The van der Waals surface area contributed by atoms with Crippen molar-refractivity contribution in [3.8, 4) is 29.5 Å². The number of anilines is 3. The van der Waals surface area contributed by atoms with E-state index in [1.807, 2.05) is 12.3 Å². The second-order valence-corrected chi connectivity index (χ2v) is 6.49. The number of nitriles is 2. The Morgan fingerprint density at radius 1 is 1.23 bits per heavy atom. The number of ether oxygens (including phenoxy) is 3. The Kier molecular flexibility index (Phi) is 4.78. The number of hydrogen-bond donors (Lipinski definition) is 4. The van der Waals surface area contributed by atoms with E-state index in [4.69, 9.17) is 30.9 Å². The van der Waals surface area contributed by atoms with Crippen LogP contribution in [0.3, 0.4) is 0 Å². The molecule has 11 nitrogen and oxygen atoms in total. The lowest BCUT2D eigenvalue weighted by molar-refractivity contribution is 0.296. The molecule has 0 bridgehead atoms. The molecule has 0 aliphatic carbocycles. The molecule has 2 aromatic rings. The minimum absolute atomic E-state index is 0.0242. The molecule has 0 fully saturated rings. The maximum atomic E-state index is 9.46. The van der Waals surface area contributed by atoms with E-state index in [1.165, 1.54) is 7.11 Å². The van der Waals surface area contributed by atoms with E-state index >= 15 is 0 Å². The van der Waals surface area contributed by atoms with Gasteiger partial charge in [-0.3, -0.25) is 5.32 Å². The first-order valence-corrected chi connectivity index (χ1v) is 9.03. The van der Waals surface area contributed by atoms with Gasteiger partial charge < -0.3 is 31.0 Å². The van der Waals surface area contributed by atoms with Crippen LogP contribution in [0.1, 0.15) is 29.2 Å². The number of nitrogens with one attached hydrogen (secondary N) is 2. The van der Waals surface area contributed by atoms with E-state index < -0.39 is 6.04 Å². The number of methoxy groups -OCH3 is 1. The van der Waals surface area contributed by atoms with E-state index in [2.05, 4.69) is 20.6 Å². The summed E-state index contributed by atoms with van der Waals surface area (Å²) in [6.07, 6.45) is 2.57. The first-order valence-electron chi connectivity index (χ1n) is 9.03. The van der Waals surface area contributed by atoms with Gasteiger partial charge in [-0.2, -0.15) is 10.5 Å². The third-order valence-electron chi connectivity index (χ3n) is 4.75.